The standard InChI is InChI=1S/C14H17NO3/c1-15-12-5-2-9-8-10(3-4-11(9)12)18-13-6-7-17-14(13)16/h3-4,8,12-13,15H,2,5-7H2,1H3. The highest BCUT2D eigenvalue weighted by atomic mass is 16.6. The summed E-state index contributed by atoms with van der Waals surface area (Å²) in [5, 5.41) is 3.30. The van der Waals surface area contributed by atoms with Crippen molar-refractivity contribution >= 4 is 5.97 Å². The van der Waals surface area contributed by atoms with Gasteiger partial charge in [0.15, 0.2) is 6.10 Å². The van der Waals surface area contributed by atoms with E-state index in [9.17, 15) is 4.79 Å². The number of benzene rings is 1. The summed E-state index contributed by atoms with van der Waals surface area (Å²) in [4.78, 5) is 11.4. The van der Waals surface area contributed by atoms with Crippen molar-refractivity contribution in [2.45, 2.75) is 31.4 Å². The van der Waals surface area contributed by atoms with E-state index in [4.69, 9.17) is 9.47 Å². The fourth-order valence-electron chi connectivity index (χ4n) is 2.72. The van der Waals surface area contributed by atoms with Crippen LogP contribution in [-0.4, -0.2) is 25.7 Å². The van der Waals surface area contributed by atoms with Crippen LogP contribution in [-0.2, 0) is 16.0 Å². The van der Waals surface area contributed by atoms with Crippen molar-refractivity contribution in [3.8, 4) is 5.75 Å². The topological polar surface area (TPSA) is 47.6 Å². The molecular formula is C14H17NO3. The normalized spacial score (nSPS) is 25.9. The zero-order valence-corrected chi connectivity index (χ0v) is 10.4. The molecule has 0 amide bonds. The number of rotatable bonds is 3. The predicted octanol–water partition coefficient (Wildman–Crippen LogP) is 1.59. The van der Waals surface area contributed by atoms with Crippen molar-refractivity contribution in [2.24, 2.45) is 0 Å². The average molecular weight is 247 g/mol. The molecule has 4 heteroatoms. The number of nitrogens with one attached hydrogen (secondary N) is 1. The lowest BCUT2D eigenvalue weighted by Gasteiger charge is -2.13. The molecule has 4 nitrogen and oxygen atoms in total. The minimum Gasteiger partial charge on any atom is -0.479 e. The third-order valence-electron chi connectivity index (χ3n) is 3.71. The van der Waals surface area contributed by atoms with Gasteiger partial charge >= 0.3 is 5.97 Å². The summed E-state index contributed by atoms with van der Waals surface area (Å²) < 4.78 is 10.6. The van der Waals surface area contributed by atoms with E-state index in [0.29, 0.717) is 19.1 Å². The van der Waals surface area contributed by atoms with Crippen LogP contribution >= 0.6 is 0 Å². The van der Waals surface area contributed by atoms with E-state index in [-0.39, 0.29) is 5.97 Å². The third kappa shape index (κ3) is 1.97. The predicted molar refractivity (Wildman–Crippen MR) is 66.6 cm³/mol. The van der Waals surface area contributed by atoms with Gasteiger partial charge in [0.05, 0.1) is 6.61 Å². The van der Waals surface area contributed by atoms with Gasteiger partial charge in [0.2, 0.25) is 0 Å². The minimum atomic E-state index is -0.426. The first kappa shape index (κ1) is 11.5. The summed E-state index contributed by atoms with van der Waals surface area (Å²) >= 11 is 0. The molecule has 0 spiro atoms. The maximum atomic E-state index is 11.4. The number of carbonyl (C=O) groups excluding carboxylic acids is 1. The molecule has 96 valence electrons. The van der Waals surface area contributed by atoms with E-state index < -0.39 is 6.10 Å². The molecular weight excluding hydrogens is 230 g/mol. The number of cyclic esters (lactones) is 1. The SMILES string of the molecule is CNC1CCc2cc(OC3CCOC3=O)ccc21. The van der Waals surface area contributed by atoms with Crippen LogP contribution < -0.4 is 10.1 Å². The van der Waals surface area contributed by atoms with Crippen LogP contribution in [0, 0.1) is 0 Å². The molecule has 2 aliphatic rings. The molecule has 1 N–H and O–H groups in total. The second-order valence-electron chi connectivity index (χ2n) is 4.80. The Labute approximate surface area is 106 Å². The van der Waals surface area contributed by atoms with E-state index in [0.717, 1.165) is 18.6 Å². The van der Waals surface area contributed by atoms with E-state index in [1.165, 1.54) is 11.1 Å². The van der Waals surface area contributed by atoms with E-state index in [1.807, 2.05) is 13.1 Å². The minimum absolute atomic E-state index is 0.247. The van der Waals surface area contributed by atoms with Gasteiger partial charge in [-0.25, -0.2) is 4.79 Å². The first-order valence-corrected chi connectivity index (χ1v) is 6.41. The highest BCUT2D eigenvalue weighted by Gasteiger charge is 2.29. The molecule has 3 rings (SSSR count). The van der Waals surface area contributed by atoms with Crippen molar-refractivity contribution in [3.05, 3.63) is 29.3 Å². The quantitative estimate of drug-likeness (QED) is 0.824. The summed E-state index contributed by atoms with van der Waals surface area (Å²) in [6.45, 7) is 0.469. The molecule has 0 saturated carbocycles. The van der Waals surface area contributed by atoms with E-state index in [2.05, 4.69) is 17.4 Å². The zero-order valence-electron chi connectivity index (χ0n) is 10.4. The maximum Gasteiger partial charge on any atom is 0.347 e. The lowest BCUT2D eigenvalue weighted by atomic mass is 10.1. The Morgan fingerprint density at radius 1 is 1.39 bits per heavy atom. The summed E-state index contributed by atoms with van der Waals surface area (Å²) in [6, 6.07) is 6.54. The van der Waals surface area contributed by atoms with Crippen LogP contribution in [0.4, 0.5) is 0 Å². The number of carbonyl (C=O) groups is 1. The van der Waals surface area contributed by atoms with E-state index >= 15 is 0 Å². The molecule has 1 fully saturated rings. The Kier molecular flexibility index (Phi) is 2.96. The molecule has 1 aliphatic carbocycles. The number of ether oxygens (including phenoxy) is 2. The first-order chi connectivity index (χ1) is 8.78. The van der Waals surface area contributed by atoms with Crippen molar-refractivity contribution in [3.63, 3.8) is 0 Å². The Hall–Kier alpha value is -1.55. The van der Waals surface area contributed by atoms with E-state index in [1.54, 1.807) is 0 Å². The van der Waals surface area contributed by atoms with Gasteiger partial charge in [0, 0.05) is 12.5 Å². The summed E-state index contributed by atoms with van der Waals surface area (Å²) in [5.74, 6) is 0.526. The van der Waals surface area contributed by atoms with Gasteiger partial charge < -0.3 is 14.8 Å². The first-order valence-electron chi connectivity index (χ1n) is 6.41. The molecule has 2 atom stereocenters. The van der Waals surface area contributed by atoms with Crippen LogP contribution in [0.5, 0.6) is 5.75 Å². The number of fused-ring (bicyclic) bond motifs is 1. The fraction of sp³-hybridized carbons (Fsp3) is 0.500. The molecule has 1 aliphatic heterocycles. The summed E-state index contributed by atoms with van der Waals surface area (Å²) in [5.41, 5.74) is 2.66. The zero-order chi connectivity index (χ0) is 12.5. The number of hydrogen-bond donors (Lipinski definition) is 1. The van der Waals surface area contributed by atoms with Gasteiger partial charge in [-0.3, -0.25) is 0 Å². The average Bonchev–Trinajstić information content (AvgIpc) is 2.96. The van der Waals surface area contributed by atoms with Gasteiger partial charge in [-0.1, -0.05) is 6.07 Å². The van der Waals surface area contributed by atoms with Crippen LogP contribution in [0.1, 0.15) is 30.0 Å². The molecule has 0 aromatic heterocycles. The second kappa shape index (κ2) is 4.61. The van der Waals surface area contributed by atoms with Crippen LogP contribution in [0.25, 0.3) is 0 Å². The number of hydrogen-bond acceptors (Lipinski definition) is 4. The van der Waals surface area contributed by atoms with Crippen molar-refractivity contribution in [1.29, 1.82) is 0 Å². The molecule has 1 saturated heterocycles. The van der Waals surface area contributed by atoms with Gasteiger partial charge in [0.25, 0.3) is 0 Å². The largest absolute Gasteiger partial charge is 0.479 e. The van der Waals surface area contributed by atoms with Gasteiger partial charge in [-0.15, -0.1) is 0 Å². The molecule has 0 bridgehead atoms. The summed E-state index contributed by atoms with van der Waals surface area (Å²) in [7, 11) is 1.98. The molecule has 1 aromatic carbocycles. The highest BCUT2D eigenvalue weighted by Crippen LogP contribution is 2.33. The highest BCUT2D eigenvalue weighted by molar-refractivity contribution is 5.76. The maximum absolute atomic E-state index is 11.4. The molecule has 2 unspecified atom stereocenters. The third-order valence-corrected chi connectivity index (χ3v) is 3.71. The fourth-order valence-corrected chi connectivity index (χ4v) is 2.72. The van der Waals surface area contributed by atoms with Crippen LogP contribution in [0.2, 0.25) is 0 Å². The van der Waals surface area contributed by atoms with Gasteiger partial charge in [-0.05, 0) is 43.1 Å². The Bertz CT molecular complexity index is 472. The smallest absolute Gasteiger partial charge is 0.347 e. The van der Waals surface area contributed by atoms with Gasteiger partial charge in [-0.2, -0.15) is 0 Å². The molecule has 18 heavy (non-hydrogen) atoms. The Morgan fingerprint density at radius 2 is 2.28 bits per heavy atom. The molecule has 1 heterocycles. The molecule has 1 aromatic rings. The van der Waals surface area contributed by atoms with Crippen LogP contribution in [0.3, 0.4) is 0 Å². The number of aryl methyl sites for hydroxylation is 1. The summed E-state index contributed by atoms with van der Waals surface area (Å²) in [6.07, 6.45) is 2.41. The molecule has 0 radical (unpaired) electrons. The monoisotopic (exact) mass is 247 g/mol. The van der Waals surface area contributed by atoms with Crippen molar-refractivity contribution in [1.82, 2.24) is 5.32 Å². The lowest BCUT2D eigenvalue weighted by molar-refractivity contribution is -0.143. The Morgan fingerprint density at radius 3 is 3.00 bits per heavy atom. The van der Waals surface area contributed by atoms with Crippen molar-refractivity contribution < 1.29 is 14.3 Å². The van der Waals surface area contributed by atoms with Crippen molar-refractivity contribution in [2.75, 3.05) is 13.7 Å². The number of esters is 1. The Balaban J connectivity index is 1.77. The van der Waals surface area contributed by atoms with Gasteiger partial charge in [0.1, 0.15) is 5.75 Å². The second-order valence-corrected chi connectivity index (χ2v) is 4.80. The lowest BCUT2D eigenvalue weighted by Crippen LogP contribution is -2.21. The van der Waals surface area contributed by atoms with Crippen LogP contribution in [0.15, 0.2) is 18.2 Å².